The molecule has 1 aromatic heterocycles. The second-order valence-corrected chi connectivity index (χ2v) is 5.56. The molecule has 3 rings (SSSR count). The van der Waals surface area contributed by atoms with E-state index in [0.29, 0.717) is 6.04 Å². The minimum atomic E-state index is 0.396. The Labute approximate surface area is 126 Å². The van der Waals surface area contributed by atoms with Crippen LogP contribution in [0.25, 0.3) is 0 Å². The van der Waals surface area contributed by atoms with Crippen LogP contribution in [0.5, 0.6) is 0 Å². The normalized spacial score (nSPS) is 15.3. The van der Waals surface area contributed by atoms with Gasteiger partial charge in [0.2, 0.25) is 0 Å². The molecule has 0 saturated heterocycles. The SMILES string of the molecule is CCn1ncnc1CN1CCc2cc(C(C)NC)ccc21. The van der Waals surface area contributed by atoms with Gasteiger partial charge in [-0.05, 0) is 44.5 Å². The van der Waals surface area contributed by atoms with Crippen LogP contribution in [0, 0.1) is 0 Å². The lowest BCUT2D eigenvalue weighted by Gasteiger charge is -2.20. The third kappa shape index (κ3) is 2.65. The summed E-state index contributed by atoms with van der Waals surface area (Å²) in [6.07, 6.45) is 2.76. The number of aromatic nitrogens is 3. The fraction of sp³-hybridized carbons (Fsp3) is 0.500. The van der Waals surface area contributed by atoms with Crippen LogP contribution in [0.2, 0.25) is 0 Å². The first-order chi connectivity index (χ1) is 10.2. The van der Waals surface area contributed by atoms with Gasteiger partial charge in [-0.3, -0.25) is 0 Å². The molecule has 5 heteroatoms. The van der Waals surface area contributed by atoms with E-state index in [1.807, 2.05) is 11.7 Å². The van der Waals surface area contributed by atoms with Crippen LogP contribution in [-0.4, -0.2) is 28.4 Å². The van der Waals surface area contributed by atoms with Crippen LogP contribution in [0.4, 0.5) is 5.69 Å². The minimum absolute atomic E-state index is 0.396. The van der Waals surface area contributed by atoms with Crippen molar-refractivity contribution in [3.63, 3.8) is 0 Å². The van der Waals surface area contributed by atoms with Crippen LogP contribution in [0.1, 0.15) is 36.8 Å². The van der Waals surface area contributed by atoms with Crippen molar-refractivity contribution in [2.45, 2.75) is 39.4 Å². The van der Waals surface area contributed by atoms with Gasteiger partial charge in [0.15, 0.2) is 0 Å². The first-order valence-corrected chi connectivity index (χ1v) is 7.64. The molecule has 2 aromatic rings. The van der Waals surface area contributed by atoms with E-state index in [4.69, 9.17) is 0 Å². The average molecular weight is 285 g/mol. The summed E-state index contributed by atoms with van der Waals surface area (Å²) in [5, 5.41) is 7.55. The number of nitrogens with zero attached hydrogens (tertiary/aromatic N) is 4. The van der Waals surface area contributed by atoms with Gasteiger partial charge in [-0.15, -0.1) is 0 Å². The van der Waals surface area contributed by atoms with E-state index in [-0.39, 0.29) is 0 Å². The van der Waals surface area contributed by atoms with Crippen molar-refractivity contribution in [1.82, 2.24) is 20.1 Å². The number of benzene rings is 1. The Bertz CT molecular complexity index is 619. The molecule has 1 N–H and O–H groups in total. The Morgan fingerprint density at radius 2 is 2.24 bits per heavy atom. The van der Waals surface area contributed by atoms with Crippen LogP contribution < -0.4 is 10.2 Å². The number of hydrogen-bond acceptors (Lipinski definition) is 4. The quantitative estimate of drug-likeness (QED) is 0.914. The third-order valence-corrected chi connectivity index (χ3v) is 4.36. The van der Waals surface area contributed by atoms with Gasteiger partial charge in [0.25, 0.3) is 0 Å². The molecule has 1 atom stereocenters. The van der Waals surface area contributed by atoms with E-state index in [1.165, 1.54) is 16.8 Å². The van der Waals surface area contributed by atoms with Gasteiger partial charge in [0, 0.05) is 24.8 Å². The molecule has 0 fully saturated rings. The van der Waals surface area contributed by atoms with Crippen molar-refractivity contribution in [1.29, 1.82) is 0 Å². The second kappa shape index (κ2) is 5.85. The number of aryl methyl sites for hydroxylation is 1. The zero-order valence-electron chi connectivity index (χ0n) is 13.0. The number of rotatable bonds is 5. The summed E-state index contributed by atoms with van der Waals surface area (Å²) in [5.41, 5.74) is 4.14. The van der Waals surface area contributed by atoms with Gasteiger partial charge in [0.1, 0.15) is 12.2 Å². The summed E-state index contributed by atoms with van der Waals surface area (Å²) in [6, 6.07) is 7.20. The Hall–Kier alpha value is -1.88. The highest BCUT2D eigenvalue weighted by atomic mass is 15.3. The number of fused-ring (bicyclic) bond motifs is 1. The van der Waals surface area contributed by atoms with Crippen molar-refractivity contribution >= 4 is 5.69 Å². The standard InChI is InChI=1S/C16H23N5/c1-4-21-16(18-11-19-21)10-20-8-7-14-9-13(12(2)17-3)5-6-15(14)20/h5-6,9,11-12,17H,4,7-8,10H2,1-3H3. The van der Waals surface area contributed by atoms with Crippen molar-refractivity contribution in [3.8, 4) is 0 Å². The maximum atomic E-state index is 4.38. The third-order valence-electron chi connectivity index (χ3n) is 4.36. The highest BCUT2D eigenvalue weighted by Crippen LogP contribution is 2.31. The summed E-state index contributed by atoms with van der Waals surface area (Å²) in [7, 11) is 2.00. The van der Waals surface area contributed by atoms with Gasteiger partial charge in [-0.2, -0.15) is 5.10 Å². The number of hydrogen-bond donors (Lipinski definition) is 1. The fourth-order valence-corrected chi connectivity index (χ4v) is 2.94. The molecule has 0 radical (unpaired) electrons. The molecule has 0 spiro atoms. The molecule has 0 aliphatic carbocycles. The molecule has 1 aliphatic heterocycles. The summed E-state index contributed by atoms with van der Waals surface area (Å²) >= 11 is 0. The largest absolute Gasteiger partial charge is 0.363 e. The lowest BCUT2D eigenvalue weighted by atomic mass is 10.0. The predicted molar refractivity (Wildman–Crippen MR) is 84.4 cm³/mol. The molecular formula is C16H23N5. The zero-order chi connectivity index (χ0) is 14.8. The smallest absolute Gasteiger partial charge is 0.146 e. The molecule has 0 saturated carbocycles. The molecule has 112 valence electrons. The first kappa shape index (κ1) is 14.1. The van der Waals surface area contributed by atoms with E-state index >= 15 is 0 Å². The highest BCUT2D eigenvalue weighted by Gasteiger charge is 2.21. The van der Waals surface area contributed by atoms with Crippen molar-refractivity contribution in [3.05, 3.63) is 41.5 Å². The average Bonchev–Trinajstić information content (AvgIpc) is 3.13. The fourth-order valence-electron chi connectivity index (χ4n) is 2.94. The van der Waals surface area contributed by atoms with Gasteiger partial charge in [-0.25, -0.2) is 9.67 Å². The van der Waals surface area contributed by atoms with Crippen LogP contribution in [0.3, 0.4) is 0 Å². The Kier molecular flexibility index (Phi) is 3.92. The molecule has 2 heterocycles. The summed E-state index contributed by atoms with van der Waals surface area (Å²) in [5.74, 6) is 1.04. The summed E-state index contributed by atoms with van der Waals surface area (Å²) in [6.45, 7) is 7.05. The predicted octanol–water partition coefficient (Wildman–Crippen LogP) is 2.14. The van der Waals surface area contributed by atoms with E-state index in [9.17, 15) is 0 Å². The molecular weight excluding hydrogens is 262 g/mol. The monoisotopic (exact) mass is 285 g/mol. The van der Waals surface area contributed by atoms with E-state index in [0.717, 1.165) is 31.9 Å². The van der Waals surface area contributed by atoms with E-state index in [1.54, 1.807) is 6.33 Å². The number of anilines is 1. The molecule has 5 nitrogen and oxygen atoms in total. The topological polar surface area (TPSA) is 46.0 Å². The highest BCUT2D eigenvalue weighted by molar-refractivity contribution is 5.59. The maximum Gasteiger partial charge on any atom is 0.146 e. The summed E-state index contributed by atoms with van der Waals surface area (Å²) < 4.78 is 1.97. The molecule has 1 aromatic carbocycles. The first-order valence-electron chi connectivity index (χ1n) is 7.64. The zero-order valence-corrected chi connectivity index (χ0v) is 13.0. The number of nitrogens with one attached hydrogen (secondary N) is 1. The summed E-state index contributed by atoms with van der Waals surface area (Å²) in [4.78, 5) is 6.78. The van der Waals surface area contributed by atoms with Crippen molar-refractivity contribution in [2.24, 2.45) is 0 Å². The molecule has 0 bridgehead atoms. The van der Waals surface area contributed by atoms with Crippen molar-refractivity contribution in [2.75, 3.05) is 18.5 Å². The minimum Gasteiger partial charge on any atom is -0.363 e. The Morgan fingerprint density at radius 1 is 1.38 bits per heavy atom. The van der Waals surface area contributed by atoms with Gasteiger partial charge in [-0.1, -0.05) is 12.1 Å². The molecule has 0 amide bonds. The lowest BCUT2D eigenvalue weighted by Crippen LogP contribution is -2.22. The van der Waals surface area contributed by atoms with E-state index < -0.39 is 0 Å². The second-order valence-electron chi connectivity index (χ2n) is 5.56. The Morgan fingerprint density at radius 3 is 3.00 bits per heavy atom. The molecule has 1 unspecified atom stereocenters. The Balaban J connectivity index is 1.81. The van der Waals surface area contributed by atoms with Crippen LogP contribution in [-0.2, 0) is 19.5 Å². The van der Waals surface area contributed by atoms with E-state index in [2.05, 4.69) is 52.3 Å². The van der Waals surface area contributed by atoms with Gasteiger partial charge in [0.05, 0.1) is 6.54 Å². The van der Waals surface area contributed by atoms with Crippen LogP contribution in [0.15, 0.2) is 24.5 Å². The molecule has 1 aliphatic rings. The molecule has 21 heavy (non-hydrogen) atoms. The van der Waals surface area contributed by atoms with Crippen LogP contribution >= 0.6 is 0 Å². The lowest BCUT2D eigenvalue weighted by molar-refractivity contribution is 0.605. The van der Waals surface area contributed by atoms with Crippen molar-refractivity contribution < 1.29 is 0 Å². The van der Waals surface area contributed by atoms with Gasteiger partial charge < -0.3 is 10.2 Å². The maximum absolute atomic E-state index is 4.38. The van der Waals surface area contributed by atoms with Gasteiger partial charge >= 0.3 is 0 Å².